The van der Waals surface area contributed by atoms with E-state index in [1.54, 1.807) is 18.2 Å². The SMILES string of the molecule is CC(=NNC(=O)c1ccc2c(c1)OCO2)c1cccc(NC(=O)C2CCCCC2)c1. The topological polar surface area (TPSA) is 89.0 Å². The van der Waals surface area contributed by atoms with Gasteiger partial charge in [-0.15, -0.1) is 0 Å². The van der Waals surface area contributed by atoms with E-state index in [0.29, 0.717) is 22.8 Å². The highest BCUT2D eigenvalue weighted by Gasteiger charge is 2.21. The minimum atomic E-state index is -0.339. The Hall–Kier alpha value is -3.35. The molecule has 156 valence electrons. The van der Waals surface area contributed by atoms with E-state index in [2.05, 4.69) is 15.8 Å². The fourth-order valence-electron chi connectivity index (χ4n) is 3.73. The van der Waals surface area contributed by atoms with E-state index in [9.17, 15) is 9.59 Å². The van der Waals surface area contributed by atoms with Gasteiger partial charge in [-0.1, -0.05) is 31.4 Å². The average Bonchev–Trinajstić information content (AvgIpc) is 3.26. The average molecular weight is 407 g/mol. The molecule has 1 saturated carbocycles. The highest BCUT2D eigenvalue weighted by molar-refractivity contribution is 6.02. The second kappa shape index (κ2) is 8.98. The number of ether oxygens (including phenoxy) is 2. The number of rotatable bonds is 5. The summed E-state index contributed by atoms with van der Waals surface area (Å²) in [6.07, 6.45) is 5.36. The molecule has 0 spiro atoms. The number of hydrogen-bond donors (Lipinski definition) is 2. The summed E-state index contributed by atoms with van der Waals surface area (Å²) in [5, 5.41) is 7.22. The van der Waals surface area contributed by atoms with E-state index < -0.39 is 0 Å². The number of nitrogens with one attached hydrogen (secondary N) is 2. The number of amides is 2. The van der Waals surface area contributed by atoms with Crippen LogP contribution in [0.5, 0.6) is 11.5 Å². The molecule has 0 atom stereocenters. The first-order valence-electron chi connectivity index (χ1n) is 10.3. The Morgan fingerprint density at radius 2 is 1.77 bits per heavy atom. The van der Waals surface area contributed by atoms with Crippen molar-refractivity contribution < 1.29 is 19.1 Å². The lowest BCUT2D eigenvalue weighted by molar-refractivity contribution is -0.120. The predicted molar refractivity (Wildman–Crippen MR) is 114 cm³/mol. The van der Waals surface area contributed by atoms with Gasteiger partial charge >= 0.3 is 0 Å². The molecule has 0 radical (unpaired) electrons. The van der Waals surface area contributed by atoms with Crippen LogP contribution in [0.25, 0.3) is 0 Å². The minimum Gasteiger partial charge on any atom is -0.454 e. The summed E-state index contributed by atoms with van der Waals surface area (Å²) >= 11 is 0. The third kappa shape index (κ3) is 4.62. The smallest absolute Gasteiger partial charge is 0.271 e. The second-order valence-corrected chi connectivity index (χ2v) is 7.61. The van der Waals surface area contributed by atoms with Gasteiger partial charge < -0.3 is 14.8 Å². The summed E-state index contributed by atoms with van der Waals surface area (Å²) in [5.74, 6) is 1.01. The third-order valence-electron chi connectivity index (χ3n) is 5.48. The maximum absolute atomic E-state index is 12.5. The molecule has 2 aliphatic rings. The van der Waals surface area contributed by atoms with Crippen molar-refractivity contribution in [2.24, 2.45) is 11.0 Å². The minimum absolute atomic E-state index is 0.0811. The van der Waals surface area contributed by atoms with Gasteiger partial charge in [0, 0.05) is 17.2 Å². The van der Waals surface area contributed by atoms with Crippen LogP contribution in [0.2, 0.25) is 0 Å². The number of hydrogen-bond acceptors (Lipinski definition) is 5. The molecule has 2 amide bonds. The molecule has 30 heavy (non-hydrogen) atoms. The van der Waals surface area contributed by atoms with Crippen LogP contribution in [0.15, 0.2) is 47.6 Å². The number of nitrogens with zero attached hydrogens (tertiary/aromatic N) is 1. The quantitative estimate of drug-likeness (QED) is 0.577. The van der Waals surface area contributed by atoms with Crippen LogP contribution in [-0.4, -0.2) is 24.3 Å². The fraction of sp³-hybridized carbons (Fsp3) is 0.348. The van der Waals surface area contributed by atoms with E-state index >= 15 is 0 Å². The highest BCUT2D eigenvalue weighted by atomic mass is 16.7. The van der Waals surface area contributed by atoms with Crippen LogP contribution >= 0.6 is 0 Å². The van der Waals surface area contributed by atoms with Gasteiger partial charge in [0.1, 0.15) is 0 Å². The zero-order valence-electron chi connectivity index (χ0n) is 16.9. The van der Waals surface area contributed by atoms with Crippen molar-refractivity contribution in [1.29, 1.82) is 0 Å². The Balaban J connectivity index is 1.39. The normalized spacial score (nSPS) is 16.2. The molecular formula is C23H25N3O4. The Morgan fingerprint density at radius 3 is 2.60 bits per heavy atom. The summed E-state index contributed by atoms with van der Waals surface area (Å²) in [6.45, 7) is 1.97. The molecule has 0 bridgehead atoms. The van der Waals surface area contributed by atoms with Crippen molar-refractivity contribution in [1.82, 2.24) is 5.43 Å². The molecule has 7 nitrogen and oxygen atoms in total. The van der Waals surface area contributed by atoms with Gasteiger partial charge in [-0.05, 0) is 55.7 Å². The van der Waals surface area contributed by atoms with Crippen LogP contribution in [0, 0.1) is 5.92 Å². The molecule has 0 unspecified atom stereocenters. The summed E-state index contributed by atoms with van der Waals surface area (Å²) in [6, 6.07) is 12.5. The van der Waals surface area contributed by atoms with E-state index in [4.69, 9.17) is 9.47 Å². The van der Waals surface area contributed by atoms with E-state index in [-0.39, 0.29) is 24.5 Å². The van der Waals surface area contributed by atoms with Crippen molar-refractivity contribution in [3.8, 4) is 11.5 Å². The fourth-order valence-corrected chi connectivity index (χ4v) is 3.73. The van der Waals surface area contributed by atoms with Gasteiger partial charge in [-0.2, -0.15) is 5.10 Å². The molecular weight excluding hydrogens is 382 g/mol. The van der Waals surface area contributed by atoms with E-state index in [1.807, 2.05) is 31.2 Å². The first-order chi connectivity index (χ1) is 14.6. The Morgan fingerprint density at radius 1 is 0.967 bits per heavy atom. The van der Waals surface area contributed by atoms with Crippen molar-refractivity contribution in [3.05, 3.63) is 53.6 Å². The number of fused-ring (bicyclic) bond motifs is 1. The van der Waals surface area contributed by atoms with Crippen LogP contribution in [-0.2, 0) is 4.79 Å². The predicted octanol–water partition coefficient (Wildman–Crippen LogP) is 4.09. The number of anilines is 1. The van der Waals surface area contributed by atoms with Crippen molar-refractivity contribution in [2.45, 2.75) is 39.0 Å². The number of carbonyl (C=O) groups excluding carboxylic acids is 2. The molecule has 4 rings (SSSR count). The lowest BCUT2D eigenvalue weighted by Gasteiger charge is -2.20. The maximum atomic E-state index is 12.5. The molecule has 7 heteroatoms. The molecule has 2 aromatic rings. The summed E-state index contributed by atoms with van der Waals surface area (Å²) < 4.78 is 10.6. The molecule has 2 aromatic carbocycles. The van der Waals surface area contributed by atoms with Gasteiger partial charge in [-0.25, -0.2) is 5.43 Å². The Kier molecular flexibility index (Phi) is 5.97. The molecule has 1 aliphatic carbocycles. The van der Waals surface area contributed by atoms with Crippen molar-refractivity contribution in [2.75, 3.05) is 12.1 Å². The molecule has 0 aromatic heterocycles. The highest BCUT2D eigenvalue weighted by Crippen LogP contribution is 2.32. The number of benzene rings is 2. The molecule has 0 saturated heterocycles. The van der Waals surface area contributed by atoms with Crippen LogP contribution in [0.1, 0.15) is 54.9 Å². The largest absolute Gasteiger partial charge is 0.454 e. The molecule has 1 heterocycles. The van der Waals surface area contributed by atoms with Crippen molar-refractivity contribution >= 4 is 23.2 Å². The zero-order valence-corrected chi connectivity index (χ0v) is 16.9. The van der Waals surface area contributed by atoms with Gasteiger partial charge in [-0.3, -0.25) is 9.59 Å². The number of hydrazone groups is 1. The lowest BCUT2D eigenvalue weighted by atomic mass is 9.88. The lowest BCUT2D eigenvalue weighted by Crippen LogP contribution is -2.24. The Bertz CT molecular complexity index is 980. The monoisotopic (exact) mass is 407 g/mol. The first-order valence-corrected chi connectivity index (χ1v) is 10.3. The molecule has 1 fully saturated rings. The standard InChI is InChI=1S/C23H25N3O4/c1-15(25-26-23(28)18-10-11-20-21(13-18)30-14-29-20)17-8-5-9-19(12-17)24-22(27)16-6-3-2-4-7-16/h5,8-13,16H,2-4,6-7,14H2,1H3,(H,24,27)(H,26,28). The van der Waals surface area contributed by atoms with Gasteiger partial charge in [0.25, 0.3) is 5.91 Å². The van der Waals surface area contributed by atoms with Crippen molar-refractivity contribution in [3.63, 3.8) is 0 Å². The van der Waals surface area contributed by atoms with E-state index in [0.717, 1.165) is 36.9 Å². The molecule has 2 N–H and O–H groups in total. The summed E-state index contributed by atoms with van der Waals surface area (Å²) in [4.78, 5) is 24.9. The van der Waals surface area contributed by atoms with Gasteiger partial charge in [0.2, 0.25) is 12.7 Å². The third-order valence-corrected chi connectivity index (χ3v) is 5.48. The van der Waals surface area contributed by atoms with Crippen LogP contribution < -0.4 is 20.2 Å². The Labute approximate surface area is 175 Å². The second-order valence-electron chi connectivity index (χ2n) is 7.61. The number of carbonyl (C=O) groups is 2. The van der Waals surface area contributed by atoms with Crippen LogP contribution in [0.4, 0.5) is 5.69 Å². The summed E-state index contributed by atoms with van der Waals surface area (Å²) in [5.41, 5.74) is 5.19. The van der Waals surface area contributed by atoms with Crippen LogP contribution in [0.3, 0.4) is 0 Å². The van der Waals surface area contributed by atoms with Gasteiger partial charge in [0.05, 0.1) is 5.71 Å². The first kappa shape index (κ1) is 19.9. The molecule has 1 aliphatic heterocycles. The summed E-state index contributed by atoms with van der Waals surface area (Å²) in [7, 11) is 0. The van der Waals surface area contributed by atoms with E-state index in [1.165, 1.54) is 6.42 Å². The van der Waals surface area contributed by atoms with Gasteiger partial charge in [0.15, 0.2) is 11.5 Å². The maximum Gasteiger partial charge on any atom is 0.271 e. The zero-order chi connectivity index (χ0) is 20.9.